The summed E-state index contributed by atoms with van der Waals surface area (Å²) < 4.78 is 0. The van der Waals surface area contributed by atoms with E-state index in [1.807, 2.05) is 37.3 Å². The topological polar surface area (TPSA) is 34.1 Å². The van der Waals surface area contributed by atoms with Crippen LogP contribution in [0.15, 0.2) is 35.9 Å². The van der Waals surface area contributed by atoms with Gasteiger partial charge in [0.25, 0.3) is 0 Å². The Hall–Kier alpha value is -1.70. The second-order valence-corrected chi connectivity index (χ2v) is 3.78. The molecule has 0 spiro atoms. The van der Waals surface area contributed by atoms with Crippen LogP contribution in [0.25, 0.3) is 5.57 Å². The maximum absolute atomic E-state index is 11.5. The number of carbonyl (C=O) groups excluding carboxylic acids is 2. The van der Waals surface area contributed by atoms with Gasteiger partial charge in [-0.3, -0.25) is 9.59 Å². The molecule has 0 saturated heterocycles. The fourth-order valence-corrected chi connectivity index (χ4v) is 1.85. The van der Waals surface area contributed by atoms with Gasteiger partial charge in [0.05, 0.1) is 6.42 Å². The van der Waals surface area contributed by atoms with Gasteiger partial charge in [0.15, 0.2) is 5.78 Å². The van der Waals surface area contributed by atoms with Crippen LogP contribution in [0.1, 0.15) is 25.3 Å². The number of rotatable bonds is 1. The van der Waals surface area contributed by atoms with Crippen molar-refractivity contribution in [3.63, 3.8) is 0 Å². The lowest BCUT2D eigenvalue weighted by molar-refractivity contribution is -0.121. The van der Waals surface area contributed by atoms with Crippen molar-refractivity contribution in [1.29, 1.82) is 0 Å². The van der Waals surface area contributed by atoms with E-state index in [-0.39, 0.29) is 18.0 Å². The van der Waals surface area contributed by atoms with Crippen molar-refractivity contribution in [3.05, 3.63) is 41.5 Å². The fraction of sp³-hybridized carbons (Fsp3) is 0.231. The third kappa shape index (κ3) is 1.89. The zero-order valence-electron chi connectivity index (χ0n) is 8.62. The molecule has 1 saturated carbocycles. The van der Waals surface area contributed by atoms with Crippen LogP contribution in [0.4, 0.5) is 0 Å². The molecule has 0 amide bonds. The Bertz CT molecular complexity index is 441. The minimum Gasteiger partial charge on any atom is -0.299 e. The van der Waals surface area contributed by atoms with Crippen LogP contribution in [-0.4, -0.2) is 11.6 Å². The molecule has 76 valence electrons. The Kier molecular flexibility index (Phi) is 2.50. The second-order valence-electron chi connectivity index (χ2n) is 3.78. The van der Waals surface area contributed by atoms with Crippen LogP contribution >= 0.6 is 0 Å². The lowest BCUT2D eigenvalue weighted by Crippen LogP contribution is -1.95. The lowest BCUT2D eigenvalue weighted by atomic mass is 10.00. The third-order valence-electron chi connectivity index (χ3n) is 2.73. The summed E-state index contributed by atoms with van der Waals surface area (Å²) in [5.74, 6) is 0.0200. The summed E-state index contributed by atoms with van der Waals surface area (Å²) in [5.41, 5.74) is 2.65. The molecule has 0 radical (unpaired) electrons. The van der Waals surface area contributed by atoms with E-state index in [2.05, 4.69) is 0 Å². The van der Waals surface area contributed by atoms with Gasteiger partial charge in [-0.25, -0.2) is 0 Å². The first-order valence-electron chi connectivity index (χ1n) is 4.98. The van der Waals surface area contributed by atoms with Gasteiger partial charge in [-0.15, -0.1) is 0 Å². The fourth-order valence-electron chi connectivity index (χ4n) is 1.85. The molecule has 1 aliphatic rings. The molecule has 2 nitrogen and oxygen atoms in total. The molecule has 0 aromatic heterocycles. The number of Topliss-reactive ketones (excluding diaryl/α,β-unsaturated/α-hetero) is 2. The highest BCUT2D eigenvalue weighted by molar-refractivity contribution is 6.19. The third-order valence-corrected chi connectivity index (χ3v) is 2.73. The largest absolute Gasteiger partial charge is 0.299 e. The van der Waals surface area contributed by atoms with Crippen LogP contribution in [0, 0.1) is 0 Å². The van der Waals surface area contributed by atoms with E-state index in [4.69, 9.17) is 0 Å². The molecule has 2 rings (SSSR count). The van der Waals surface area contributed by atoms with Gasteiger partial charge in [-0.1, -0.05) is 30.3 Å². The summed E-state index contributed by atoms with van der Waals surface area (Å²) in [5, 5.41) is 0. The highest BCUT2D eigenvalue weighted by Gasteiger charge is 2.26. The number of benzene rings is 1. The van der Waals surface area contributed by atoms with Crippen LogP contribution in [-0.2, 0) is 9.59 Å². The van der Waals surface area contributed by atoms with E-state index in [9.17, 15) is 9.59 Å². The van der Waals surface area contributed by atoms with Gasteiger partial charge in [-0.2, -0.15) is 0 Å². The van der Waals surface area contributed by atoms with Crippen molar-refractivity contribution >= 4 is 17.1 Å². The molecular formula is C13H12O2. The molecule has 1 aliphatic carbocycles. The molecule has 1 aromatic carbocycles. The zero-order valence-corrected chi connectivity index (χ0v) is 8.62. The van der Waals surface area contributed by atoms with Crippen molar-refractivity contribution in [2.75, 3.05) is 0 Å². The number of hydrogen-bond donors (Lipinski definition) is 0. The highest BCUT2D eigenvalue weighted by atomic mass is 16.2. The van der Waals surface area contributed by atoms with Crippen molar-refractivity contribution in [2.24, 2.45) is 0 Å². The van der Waals surface area contributed by atoms with Gasteiger partial charge < -0.3 is 0 Å². The first-order chi connectivity index (χ1) is 7.18. The average molecular weight is 200 g/mol. The molecule has 0 heterocycles. The molecule has 15 heavy (non-hydrogen) atoms. The number of hydrogen-bond acceptors (Lipinski definition) is 2. The minimum absolute atomic E-state index is 0.0126. The van der Waals surface area contributed by atoms with Crippen LogP contribution in [0.3, 0.4) is 0 Å². The van der Waals surface area contributed by atoms with E-state index in [1.165, 1.54) is 0 Å². The summed E-state index contributed by atoms with van der Waals surface area (Å²) in [6, 6.07) is 9.71. The van der Waals surface area contributed by atoms with Crippen molar-refractivity contribution in [3.8, 4) is 0 Å². The molecule has 1 aromatic rings. The Labute approximate surface area is 88.6 Å². The summed E-state index contributed by atoms with van der Waals surface area (Å²) in [6.45, 7) is 1.90. The molecule has 0 unspecified atom stereocenters. The van der Waals surface area contributed by atoms with Crippen LogP contribution in [0.5, 0.6) is 0 Å². The van der Waals surface area contributed by atoms with E-state index >= 15 is 0 Å². The maximum Gasteiger partial charge on any atom is 0.166 e. The number of allylic oxidation sites excluding steroid dienone is 2. The summed E-state index contributed by atoms with van der Waals surface area (Å²) >= 11 is 0. The first-order valence-corrected chi connectivity index (χ1v) is 4.98. The van der Waals surface area contributed by atoms with E-state index in [0.717, 1.165) is 11.1 Å². The molecule has 0 N–H and O–H groups in total. The number of carbonyl (C=O) groups is 2. The molecule has 0 bridgehead atoms. The highest BCUT2D eigenvalue weighted by Crippen LogP contribution is 2.26. The summed E-state index contributed by atoms with van der Waals surface area (Å²) in [6.07, 6.45) is 0.388. The Morgan fingerprint density at radius 2 is 1.73 bits per heavy atom. The second kappa shape index (κ2) is 3.81. The quantitative estimate of drug-likeness (QED) is 0.515. The maximum atomic E-state index is 11.5. The van der Waals surface area contributed by atoms with Gasteiger partial charge in [0.1, 0.15) is 5.78 Å². The Morgan fingerprint density at radius 1 is 1.07 bits per heavy atom. The Balaban J connectivity index is 2.42. The summed E-state index contributed by atoms with van der Waals surface area (Å²) in [7, 11) is 0. The van der Waals surface area contributed by atoms with Crippen molar-refractivity contribution < 1.29 is 9.59 Å². The summed E-state index contributed by atoms with van der Waals surface area (Å²) in [4.78, 5) is 22.7. The average Bonchev–Trinajstić information content (AvgIpc) is 2.58. The predicted molar refractivity (Wildman–Crippen MR) is 58.3 cm³/mol. The smallest absolute Gasteiger partial charge is 0.166 e. The standard InChI is InChI=1S/C13H12O2/c1-9(10-5-3-2-4-6-10)12-7-11(14)8-13(12)15/h2-6H,7-8H2,1H3/b12-9+. The van der Waals surface area contributed by atoms with Gasteiger partial charge >= 0.3 is 0 Å². The monoisotopic (exact) mass is 200 g/mol. The van der Waals surface area contributed by atoms with Gasteiger partial charge in [0, 0.05) is 12.0 Å². The molecule has 2 heteroatoms. The SMILES string of the molecule is C/C(=C1/CC(=O)CC1=O)c1ccccc1. The molecule has 0 aliphatic heterocycles. The van der Waals surface area contributed by atoms with E-state index in [1.54, 1.807) is 0 Å². The first kappa shape index (κ1) is 9.84. The van der Waals surface area contributed by atoms with Gasteiger partial charge in [0.2, 0.25) is 0 Å². The number of ketones is 2. The van der Waals surface area contributed by atoms with E-state index < -0.39 is 0 Å². The normalized spacial score (nSPS) is 19.5. The van der Waals surface area contributed by atoms with E-state index in [0.29, 0.717) is 12.0 Å². The van der Waals surface area contributed by atoms with Crippen molar-refractivity contribution in [2.45, 2.75) is 19.8 Å². The predicted octanol–water partition coefficient (Wildman–Crippen LogP) is 2.39. The Morgan fingerprint density at radius 3 is 2.27 bits per heavy atom. The van der Waals surface area contributed by atoms with Crippen LogP contribution in [0.2, 0.25) is 0 Å². The van der Waals surface area contributed by atoms with Gasteiger partial charge in [-0.05, 0) is 18.1 Å². The lowest BCUT2D eigenvalue weighted by Gasteiger charge is -2.04. The zero-order chi connectivity index (χ0) is 10.8. The molecule has 1 fully saturated rings. The van der Waals surface area contributed by atoms with Crippen LogP contribution < -0.4 is 0 Å². The molecular weight excluding hydrogens is 188 g/mol. The minimum atomic E-state index is -0.0126. The molecule has 0 atom stereocenters. The van der Waals surface area contributed by atoms with Crippen molar-refractivity contribution in [1.82, 2.24) is 0 Å².